The molecule has 0 radical (unpaired) electrons. The van der Waals surface area contributed by atoms with Crippen LogP contribution in [0.4, 0.5) is 5.69 Å². The van der Waals surface area contributed by atoms with Gasteiger partial charge in [-0.1, -0.05) is 11.6 Å². The van der Waals surface area contributed by atoms with Crippen LogP contribution in [-0.4, -0.2) is 22.8 Å². The molecule has 1 N–H and O–H groups in total. The Labute approximate surface area is 136 Å². The van der Waals surface area contributed by atoms with E-state index in [1.54, 1.807) is 6.07 Å². The molecule has 2 saturated heterocycles. The number of piperidine rings is 1. The first-order valence-electron chi connectivity index (χ1n) is 7.13. The monoisotopic (exact) mass is 326 g/mol. The molecule has 2 aliphatic heterocycles. The van der Waals surface area contributed by atoms with Crippen LogP contribution in [0, 0.1) is 18.3 Å². The third-order valence-corrected chi connectivity index (χ3v) is 5.21. The number of aliphatic hydroxyl groups is 1. The van der Waals surface area contributed by atoms with Gasteiger partial charge in [0.15, 0.2) is 0 Å². The Morgan fingerprint density at radius 2 is 1.90 bits per heavy atom. The Hall–Kier alpha value is -0.950. The molecule has 0 aromatic heterocycles. The number of nitriles is 1. The van der Waals surface area contributed by atoms with Crippen LogP contribution >= 0.6 is 24.0 Å². The molecule has 3 nitrogen and oxygen atoms in total. The molecule has 0 amide bonds. The molecule has 2 bridgehead atoms. The Kier molecular flexibility index (Phi) is 4.44. The second-order valence-corrected chi connectivity index (χ2v) is 6.76. The Morgan fingerprint density at radius 3 is 2.43 bits per heavy atom. The first-order valence-corrected chi connectivity index (χ1v) is 7.50. The van der Waals surface area contributed by atoms with E-state index in [1.165, 1.54) is 0 Å². The summed E-state index contributed by atoms with van der Waals surface area (Å²) in [6.45, 7) is 3.92. The van der Waals surface area contributed by atoms with Gasteiger partial charge in [0.05, 0.1) is 16.2 Å². The van der Waals surface area contributed by atoms with Gasteiger partial charge < -0.3 is 10.0 Å². The molecule has 1 aromatic rings. The highest BCUT2D eigenvalue weighted by molar-refractivity contribution is 6.32. The van der Waals surface area contributed by atoms with Gasteiger partial charge in [0, 0.05) is 17.8 Å². The summed E-state index contributed by atoms with van der Waals surface area (Å²) in [7, 11) is 0. The fourth-order valence-electron chi connectivity index (χ4n) is 3.89. The molecule has 21 heavy (non-hydrogen) atoms. The van der Waals surface area contributed by atoms with E-state index in [4.69, 9.17) is 16.9 Å². The van der Waals surface area contributed by atoms with Crippen molar-refractivity contribution in [3.05, 3.63) is 28.3 Å². The van der Waals surface area contributed by atoms with E-state index in [9.17, 15) is 5.11 Å². The van der Waals surface area contributed by atoms with Crippen LogP contribution in [0.25, 0.3) is 0 Å². The second-order valence-electron chi connectivity index (χ2n) is 6.38. The van der Waals surface area contributed by atoms with E-state index in [0.717, 1.165) is 36.9 Å². The molecular weight excluding hydrogens is 307 g/mol. The summed E-state index contributed by atoms with van der Waals surface area (Å²) < 4.78 is 0. The molecule has 2 fully saturated rings. The highest BCUT2D eigenvalue weighted by atomic mass is 35.5. The van der Waals surface area contributed by atoms with Crippen molar-refractivity contribution in [3.63, 3.8) is 0 Å². The van der Waals surface area contributed by atoms with Crippen molar-refractivity contribution in [2.45, 2.75) is 57.2 Å². The van der Waals surface area contributed by atoms with E-state index in [-0.39, 0.29) is 12.4 Å². The minimum Gasteiger partial charge on any atom is -0.390 e. The van der Waals surface area contributed by atoms with Crippen molar-refractivity contribution in [2.75, 3.05) is 4.90 Å². The van der Waals surface area contributed by atoms with Gasteiger partial charge in [-0.3, -0.25) is 0 Å². The Balaban J connectivity index is 0.00000161. The molecular formula is C16H20Cl2N2O. The lowest BCUT2D eigenvalue weighted by Crippen LogP contribution is -2.50. The second kappa shape index (κ2) is 5.68. The van der Waals surface area contributed by atoms with Gasteiger partial charge >= 0.3 is 0 Å². The largest absolute Gasteiger partial charge is 0.390 e. The van der Waals surface area contributed by atoms with Crippen LogP contribution in [0.15, 0.2) is 12.1 Å². The van der Waals surface area contributed by atoms with Gasteiger partial charge in [-0.05, 0) is 57.2 Å². The number of nitrogens with zero attached hydrogens (tertiary/aromatic N) is 2. The van der Waals surface area contributed by atoms with Crippen molar-refractivity contribution < 1.29 is 5.11 Å². The lowest BCUT2D eigenvalue weighted by Gasteiger charge is -2.44. The summed E-state index contributed by atoms with van der Waals surface area (Å²) in [5.74, 6) is 0. The molecule has 0 saturated carbocycles. The lowest BCUT2D eigenvalue weighted by atomic mass is 9.87. The Bertz CT molecular complexity index is 579. The van der Waals surface area contributed by atoms with Crippen LogP contribution in [0.2, 0.25) is 5.02 Å². The predicted molar refractivity (Wildman–Crippen MR) is 87.3 cm³/mol. The fraction of sp³-hybridized carbons (Fsp3) is 0.562. The topological polar surface area (TPSA) is 47.3 Å². The van der Waals surface area contributed by atoms with Crippen molar-refractivity contribution in [1.29, 1.82) is 5.26 Å². The molecule has 2 heterocycles. The normalized spacial score (nSPS) is 30.7. The third kappa shape index (κ3) is 2.73. The van der Waals surface area contributed by atoms with Crippen molar-refractivity contribution in [1.82, 2.24) is 0 Å². The molecule has 0 aliphatic carbocycles. The zero-order valence-electron chi connectivity index (χ0n) is 12.3. The number of benzene rings is 1. The quantitative estimate of drug-likeness (QED) is 0.853. The van der Waals surface area contributed by atoms with E-state index in [1.807, 2.05) is 19.9 Å². The molecule has 3 rings (SSSR count). The van der Waals surface area contributed by atoms with Crippen LogP contribution in [0.5, 0.6) is 0 Å². The maximum atomic E-state index is 10.3. The first-order chi connectivity index (χ1) is 9.43. The fourth-order valence-corrected chi connectivity index (χ4v) is 4.10. The van der Waals surface area contributed by atoms with Crippen LogP contribution in [0.3, 0.4) is 0 Å². The minimum absolute atomic E-state index is 0. The van der Waals surface area contributed by atoms with Gasteiger partial charge in [0.25, 0.3) is 0 Å². The summed E-state index contributed by atoms with van der Waals surface area (Å²) in [5.41, 5.74) is 2.08. The number of hydrogen-bond acceptors (Lipinski definition) is 3. The number of halogens is 2. The highest BCUT2D eigenvalue weighted by Gasteiger charge is 2.45. The summed E-state index contributed by atoms with van der Waals surface area (Å²) in [4.78, 5) is 2.42. The average molecular weight is 327 g/mol. The maximum absolute atomic E-state index is 10.3. The van der Waals surface area contributed by atoms with Crippen molar-refractivity contribution in [2.24, 2.45) is 0 Å². The van der Waals surface area contributed by atoms with Gasteiger partial charge in [-0.15, -0.1) is 12.4 Å². The zero-order chi connectivity index (χ0) is 14.5. The SMILES string of the molecule is Cc1c(N2[C@@H]3CC[C@H]2CC(C)(O)C3)ccc(C#N)c1Cl.Cl. The van der Waals surface area contributed by atoms with E-state index < -0.39 is 5.60 Å². The highest BCUT2D eigenvalue weighted by Crippen LogP contribution is 2.45. The van der Waals surface area contributed by atoms with Crippen LogP contribution < -0.4 is 4.90 Å². The zero-order valence-corrected chi connectivity index (χ0v) is 13.8. The Morgan fingerprint density at radius 1 is 1.33 bits per heavy atom. The summed E-state index contributed by atoms with van der Waals surface area (Å²) in [5, 5.41) is 19.9. The van der Waals surface area contributed by atoms with E-state index in [0.29, 0.717) is 22.7 Å². The van der Waals surface area contributed by atoms with Gasteiger partial charge in [-0.2, -0.15) is 5.26 Å². The summed E-state index contributed by atoms with van der Waals surface area (Å²) >= 11 is 6.29. The average Bonchev–Trinajstić information content (AvgIpc) is 2.66. The standard InChI is InChI=1S/C16H19ClN2O.ClH/c1-10-14(6-3-11(9-18)15(10)17)19-12-4-5-13(19)8-16(2,20)7-12;/h3,6,12-13,20H,4-5,7-8H2,1-2H3;1H/t12-,13+,16?;. The molecule has 1 unspecified atom stereocenters. The molecule has 2 aliphatic rings. The van der Waals surface area contributed by atoms with E-state index in [2.05, 4.69) is 11.0 Å². The predicted octanol–water partition coefficient (Wildman–Crippen LogP) is 3.82. The third-order valence-electron chi connectivity index (χ3n) is 4.73. The summed E-state index contributed by atoms with van der Waals surface area (Å²) in [6, 6.07) is 6.70. The number of anilines is 1. The van der Waals surface area contributed by atoms with Gasteiger partial charge in [0.2, 0.25) is 0 Å². The molecule has 3 atom stereocenters. The lowest BCUT2D eigenvalue weighted by molar-refractivity contribution is 0.0199. The molecule has 0 spiro atoms. The first kappa shape index (κ1) is 16.4. The summed E-state index contributed by atoms with van der Waals surface area (Å²) in [6.07, 6.45) is 3.86. The number of hydrogen-bond donors (Lipinski definition) is 1. The molecule has 114 valence electrons. The van der Waals surface area contributed by atoms with Crippen LogP contribution in [-0.2, 0) is 0 Å². The van der Waals surface area contributed by atoms with Gasteiger partial charge in [0.1, 0.15) is 6.07 Å². The molecule has 1 aromatic carbocycles. The van der Waals surface area contributed by atoms with Crippen molar-refractivity contribution in [3.8, 4) is 6.07 Å². The smallest absolute Gasteiger partial charge is 0.101 e. The van der Waals surface area contributed by atoms with Crippen molar-refractivity contribution >= 4 is 29.7 Å². The number of fused-ring (bicyclic) bond motifs is 2. The minimum atomic E-state index is -0.549. The van der Waals surface area contributed by atoms with Gasteiger partial charge in [-0.25, -0.2) is 0 Å². The van der Waals surface area contributed by atoms with E-state index >= 15 is 0 Å². The van der Waals surface area contributed by atoms with Crippen LogP contribution in [0.1, 0.15) is 43.7 Å². The molecule has 5 heteroatoms. The maximum Gasteiger partial charge on any atom is 0.101 e. The number of rotatable bonds is 1.